The van der Waals surface area contributed by atoms with Crippen LogP contribution in [0.5, 0.6) is 0 Å². The number of carbonyl (C=O) groups is 1. The summed E-state index contributed by atoms with van der Waals surface area (Å²) in [5, 5.41) is 6.18. The van der Waals surface area contributed by atoms with E-state index in [0.717, 1.165) is 11.1 Å². The minimum absolute atomic E-state index is 0.0247. The summed E-state index contributed by atoms with van der Waals surface area (Å²) in [6.07, 6.45) is 2.78. The van der Waals surface area contributed by atoms with Crippen LogP contribution in [-0.2, 0) is 14.8 Å². The lowest BCUT2D eigenvalue weighted by Crippen LogP contribution is -2.46. The molecule has 26 heavy (non-hydrogen) atoms. The fourth-order valence-electron chi connectivity index (χ4n) is 3.16. The molecule has 0 bridgehead atoms. The Morgan fingerprint density at radius 1 is 1.12 bits per heavy atom. The quantitative estimate of drug-likeness (QED) is 0.819. The highest BCUT2D eigenvalue weighted by Gasteiger charge is 2.34. The van der Waals surface area contributed by atoms with E-state index < -0.39 is 14.8 Å². The minimum Gasteiger partial charge on any atom is -0.326 e. The van der Waals surface area contributed by atoms with Crippen molar-refractivity contribution in [1.82, 2.24) is 4.72 Å². The maximum absolute atomic E-state index is 12.5. The van der Waals surface area contributed by atoms with Crippen molar-refractivity contribution < 1.29 is 13.2 Å². The van der Waals surface area contributed by atoms with Crippen molar-refractivity contribution >= 4 is 43.0 Å². The highest BCUT2D eigenvalue weighted by Crippen LogP contribution is 2.28. The first kappa shape index (κ1) is 19.3. The first-order valence-electron chi connectivity index (χ1n) is 8.96. The van der Waals surface area contributed by atoms with Gasteiger partial charge in [0.1, 0.15) is 0 Å². The van der Waals surface area contributed by atoms with Crippen LogP contribution in [0.15, 0.2) is 29.6 Å². The van der Waals surface area contributed by atoms with Crippen LogP contribution in [0.4, 0.5) is 5.69 Å². The van der Waals surface area contributed by atoms with Crippen LogP contribution >= 0.6 is 11.3 Å². The van der Waals surface area contributed by atoms with Crippen LogP contribution in [0.1, 0.15) is 46.5 Å². The van der Waals surface area contributed by atoms with Gasteiger partial charge in [-0.1, -0.05) is 0 Å². The van der Waals surface area contributed by atoms with Crippen LogP contribution in [-0.4, -0.2) is 25.1 Å². The zero-order valence-electron chi connectivity index (χ0n) is 15.4. The summed E-state index contributed by atoms with van der Waals surface area (Å²) < 4.78 is 27.7. The van der Waals surface area contributed by atoms with Crippen molar-refractivity contribution in [3.63, 3.8) is 0 Å². The number of nitrogens with one attached hydrogen (secondary N) is 2. The molecular formula is C19H26N2O3S2. The normalized spacial score (nSPS) is 21.7. The molecule has 1 saturated carbocycles. The number of hydrogen-bond acceptors (Lipinski definition) is 4. The minimum atomic E-state index is -3.35. The molecule has 0 spiro atoms. The Morgan fingerprint density at radius 2 is 1.81 bits per heavy atom. The second-order valence-electron chi connectivity index (χ2n) is 7.94. The van der Waals surface area contributed by atoms with Crippen molar-refractivity contribution in [2.24, 2.45) is 5.92 Å². The number of amides is 1. The van der Waals surface area contributed by atoms with Crippen LogP contribution in [0.25, 0.3) is 10.1 Å². The van der Waals surface area contributed by atoms with E-state index >= 15 is 0 Å². The van der Waals surface area contributed by atoms with Gasteiger partial charge in [0.2, 0.25) is 15.9 Å². The van der Waals surface area contributed by atoms with Crippen molar-refractivity contribution in [1.29, 1.82) is 0 Å². The van der Waals surface area contributed by atoms with Gasteiger partial charge in [0, 0.05) is 22.3 Å². The molecule has 0 radical (unpaired) electrons. The van der Waals surface area contributed by atoms with E-state index in [-0.39, 0.29) is 17.9 Å². The average molecular weight is 395 g/mol. The summed E-state index contributed by atoms with van der Waals surface area (Å²) in [4.78, 5) is 12.5. The van der Waals surface area contributed by atoms with E-state index in [9.17, 15) is 13.2 Å². The third kappa shape index (κ3) is 4.27. The molecule has 0 atom stereocenters. The molecule has 1 heterocycles. The Balaban J connectivity index is 1.55. The van der Waals surface area contributed by atoms with Gasteiger partial charge in [-0.3, -0.25) is 4.79 Å². The summed E-state index contributed by atoms with van der Waals surface area (Å²) in [6.45, 7) is 5.08. The molecule has 1 aromatic carbocycles. The van der Waals surface area contributed by atoms with Crippen molar-refractivity contribution in [2.75, 3.05) is 5.32 Å². The van der Waals surface area contributed by atoms with Gasteiger partial charge in [0.05, 0.1) is 4.75 Å². The molecule has 7 heteroatoms. The molecule has 1 amide bonds. The van der Waals surface area contributed by atoms with Gasteiger partial charge in [-0.25, -0.2) is 13.1 Å². The summed E-state index contributed by atoms with van der Waals surface area (Å²) in [6, 6.07) is 7.91. The number of sulfonamides is 1. The fourth-order valence-corrected chi connectivity index (χ4v) is 4.96. The predicted octanol–water partition coefficient (Wildman–Crippen LogP) is 4.12. The van der Waals surface area contributed by atoms with E-state index in [1.54, 1.807) is 32.1 Å². The van der Waals surface area contributed by atoms with Gasteiger partial charge >= 0.3 is 0 Å². The summed E-state index contributed by atoms with van der Waals surface area (Å²) >= 11 is 1.68. The van der Waals surface area contributed by atoms with Gasteiger partial charge in [-0.05, 0) is 81.5 Å². The van der Waals surface area contributed by atoms with Gasteiger partial charge in [-0.2, -0.15) is 0 Å². The first-order valence-corrected chi connectivity index (χ1v) is 11.3. The molecule has 2 N–H and O–H groups in total. The predicted molar refractivity (Wildman–Crippen MR) is 108 cm³/mol. The number of carbonyl (C=O) groups excluding carboxylic acids is 1. The lowest BCUT2D eigenvalue weighted by molar-refractivity contribution is -0.120. The van der Waals surface area contributed by atoms with Crippen molar-refractivity contribution in [3.05, 3.63) is 29.6 Å². The molecule has 0 saturated heterocycles. The number of thiophene rings is 1. The highest BCUT2D eigenvalue weighted by molar-refractivity contribution is 7.90. The van der Waals surface area contributed by atoms with Gasteiger partial charge in [0.15, 0.2) is 0 Å². The molecule has 1 aromatic heterocycles. The molecular weight excluding hydrogens is 368 g/mol. The van der Waals surface area contributed by atoms with E-state index in [4.69, 9.17) is 0 Å². The van der Waals surface area contributed by atoms with Crippen molar-refractivity contribution in [3.8, 4) is 0 Å². The maximum Gasteiger partial charge on any atom is 0.227 e. The third-order valence-corrected chi connectivity index (χ3v) is 8.10. The average Bonchev–Trinajstić information content (AvgIpc) is 3.01. The van der Waals surface area contributed by atoms with Gasteiger partial charge in [0.25, 0.3) is 0 Å². The SMILES string of the molecule is CC(C)(C)S(=O)(=O)NC1CCC(C(=O)Nc2ccc3sccc3c2)CC1. The molecule has 1 fully saturated rings. The van der Waals surface area contributed by atoms with E-state index in [0.29, 0.717) is 25.7 Å². The van der Waals surface area contributed by atoms with Crippen molar-refractivity contribution in [2.45, 2.75) is 57.2 Å². The smallest absolute Gasteiger partial charge is 0.227 e. The van der Waals surface area contributed by atoms with E-state index in [1.165, 1.54) is 4.70 Å². The zero-order chi connectivity index (χ0) is 18.9. The second-order valence-corrected chi connectivity index (χ2v) is 11.4. The Bertz CT molecular complexity index is 889. The maximum atomic E-state index is 12.5. The Labute approximate surface area is 159 Å². The van der Waals surface area contributed by atoms with Crippen LogP contribution < -0.4 is 10.0 Å². The molecule has 142 valence electrons. The summed E-state index contributed by atoms with van der Waals surface area (Å²) in [5.41, 5.74) is 0.816. The Hall–Kier alpha value is -1.44. The van der Waals surface area contributed by atoms with Gasteiger partial charge in [-0.15, -0.1) is 11.3 Å². The monoisotopic (exact) mass is 394 g/mol. The summed E-state index contributed by atoms with van der Waals surface area (Å²) in [7, 11) is -3.35. The topological polar surface area (TPSA) is 75.3 Å². The molecule has 2 aromatic rings. The van der Waals surface area contributed by atoms with Crippen LogP contribution in [0.3, 0.4) is 0 Å². The third-order valence-electron chi connectivity index (χ3n) is 4.95. The number of benzene rings is 1. The second kappa shape index (κ2) is 7.29. The Kier molecular flexibility index (Phi) is 5.42. The van der Waals surface area contributed by atoms with E-state index in [2.05, 4.69) is 10.0 Å². The molecule has 1 aliphatic rings. The van der Waals surface area contributed by atoms with E-state index in [1.807, 2.05) is 29.6 Å². The van der Waals surface area contributed by atoms with Crippen LogP contribution in [0.2, 0.25) is 0 Å². The summed E-state index contributed by atoms with van der Waals surface area (Å²) in [5.74, 6) is -0.0414. The first-order chi connectivity index (χ1) is 12.2. The van der Waals surface area contributed by atoms with Crippen LogP contribution in [0, 0.1) is 5.92 Å². The number of anilines is 1. The molecule has 0 aliphatic heterocycles. The fraction of sp³-hybridized carbons (Fsp3) is 0.526. The molecule has 3 rings (SSSR count). The highest BCUT2D eigenvalue weighted by atomic mass is 32.2. The van der Waals surface area contributed by atoms with Gasteiger partial charge < -0.3 is 5.32 Å². The largest absolute Gasteiger partial charge is 0.326 e. The molecule has 0 unspecified atom stereocenters. The molecule has 5 nitrogen and oxygen atoms in total. The molecule has 1 aliphatic carbocycles. The zero-order valence-corrected chi connectivity index (χ0v) is 17.0. The number of rotatable bonds is 4. The standard InChI is InChI=1S/C19H26N2O3S2/c1-19(2,3)26(23,24)21-15-6-4-13(5-7-15)18(22)20-16-8-9-17-14(12-16)10-11-25-17/h8-13,15,21H,4-7H2,1-3H3,(H,20,22). The number of hydrogen-bond donors (Lipinski definition) is 2. The number of fused-ring (bicyclic) bond motifs is 1. The lowest BCUT2D eigenvalue weighted by atomic mass is 9.86. The Morgan fingerprint density at radius 3 is 2.46 bits per heavy atom. The lowest BCUT2D eigenvalue weighted by Gasteiger charge is -2.30.